The number of rotatable bonds is 18. The van der Waals surface area contributed by atoms with Crippen LogP contribution in [0.2, 0.25) is 0 Å². The third-order valence-corrected chi connectivity index (χ3v) is 6.73. The number of unbranched alkanes of at least 4 members (excludes halogenated alkanes) is 8. The van der Waals surface area contributed by atoms with E-state index >= 15 is 0 Å². The molecule has 0 unspecified atom stereocenters. The van der Waals surface area contributed by atoms with Crippen molar-refractivity contribution >= 4 is 11.9 Å². The molecule has 0 N–H and O–H groups in total. The van der Waals surface area contributed by atoms with Crippen LogP contribution in [0.25, 0.3) is 0 Å². The Bertz CT molecular complexity index is 478. The van der Waals surface area contributed by atoms with E-state index < -0.39 is 0 Å². The van der Waals surface area contributed by atoms with Gasteiger partial charge in [0.25, 0.3) is 0 Å². The summed E-state index contributed by atoms with van der Waals surface area (Å²) in [6.07, 6.45) is 17.7. The number of hydrogen-bond donors (Lipinski definition) is 0. The topological polar surface area (TPSA) is 52.6 Å². The Balaban J connectivity index is 1.97. The van der Waals surface area contributed by atoms with E-state index in [1.54, 1.807) is 0 Å². The normalized spacial score (nSPS) is 18.8. The molecule has 4 nitrogen and oxygen atoms in total. The highest BCUT2D eigenvalue weighted by Gasteiger charge is 2.31. The van der Waals surface area contributed by atoms with Gasteiger partial charge in [0, 0.05) is 0 Å². The summed E-state index contributed by atoms with van der Waals surface area (Å²) in [5, 5.41) is 0. The number of ether oxygens (including phenoxy) is 2. The summed E-state index contributed by atoms with van der Waals surface area (Å²) < 4.78 is 11.0. The number of esters is 2. The van der Waals surface area contributed by atoms with E-state index in [0.717, 1.165) is 57.3 Å². The Hall–Kier alpha value is -1.06. The third kappa shape index (κ3) is 14.9. The summed E-state index contributed by atoms with van der Waals surface area (Å²) in [6, 6.07) is 0. The summed E-state index contributed by atoms with van der Waals surface area (Å²) in [5.41, 5.74) is 0. The van der Waals surface area contributed by atoms with Crippen molar-refractivity contribution in [2.75, 3.05) is 13.2 Å². The number of hydrogen-bond acceptors (Lipinski definition) is 4. The molecule has 0 aromatic rings. The lowest BCUT2D eigenvalue weighted by Crippen LogP contribution is -2.28. The lowest BCUT2D eigenvalue weighted by Gasteiger charge is -2.26. The molecule has 0 bridgehead atoms. The van der Waals surface area contributed by atoms with Crippen molar-refractivity contribution in [1.82, 2.24) is 0 Å². The lowest BCUT2D eigenvalue weighted by atomic mass is 9.82. The Morgan fingerprint density at radius 1 is 0.562 bits per heavy atom. The Kier molecular flexibility index (Phi) is 16.6. The fourth-order valence-electron chi connectivity index (χ4n) is 4.52. The second-order valence-corrected chi connectivity index (χ2v) is 10.8. The summed E-state index contributed by atoms with van der Waals surface area (Å²) >= 11 is 0. The molecular formula is C28H52O4. The first kappa shape index (κ1) is 29.0. The van der Waals surface area contributed by atoms with Crippen LogP contribution in [-0.4, -0.2) is 25.2 Å². The molecule has 0 spiro atoms. The average molecular weight is 453 g/mol. The van der Waals surface area contributed by atoms with Crippen LogP contribution in [0.4, 0.5) is 0 Å². The van der Waals surface area contributed by atoms with Gasteiger partial charge in [-0.15, -0.1) is 0 Å². The lowest BCUT2D eigenvalue weighted by molar-refractivity contribution is -0.155. The predicted octanol–water partition coefficient (Wildman–Crippen LogP) is 7.87. The van der Waals surface area contributed by atoms with Gasteiger partial charge < -0.3 is 9.47 Å². The molecule has 0 aromatic carbocycles. The summed E-state index contributed by atoms with van der Waals surface area (Å²) in [5.74, 6) is 1.34. The maximum absolute atomic E-state index is 12.3. The van der Waals surface area contributed by atoms with Crippen LogP contribution in [0.1, 0.15) is 130 Å². The minimum atomic E-state index is -0.0683. The minimum Gasteiger partial charge on any atom is -0.465 e. The van der Waals surface area contributed by atoms with E-state index in [4.69, 9.17) is 9.47 Å². The number of carbonyl (C=O) groups excluding carboxylic acids is 2. The Morgan fingerprint density at radius 3 is 1.28 bits per heavy atom. The highest BCUT2D eigenvalue weighted by Crippen LogP contribution is 2.30. The van der Waals surface area contributed by atoms with Gasteiger partial charge in [0.2, 0.25) is 0 Å². The highest BCUT2D eigenvalue weighted by atomic mass is 16.5. The third-order valence-electron chi connectivity index (χ3n) is 6.73. The first-order chi connectivity index (χ1) is 15.4. The molecule has 1 aliphatic carbocycles. The monoisotopic (exact) mass is 452 g/mol. The van der Waals surface area contributed by atoms with Crippen LogP contribution in [0, 0.1) is 23.7 Å². The van der Waals surface area contributed by atoms with Crippen molar-refractivity contribution in [3.63, 3.8) is 0 Å². The van der Waals surface area contributed by atoms with Gasteiger partial charge in [-0.05, 0) is 56.8 Å². The number of carbonyl (C=O) groups is 2. The van der Waals surface area contributed by atoms with E-state index in [2.05, 4.69) is 27.7 Å². The zero-order valence-corrected chi connectivity index (χ0v) is 21.7. The minimum absolute atomic E-state index is 0.0315. The Labute approximate surface area is 198 Å². The second-order valence-electron chi connectivity index (χ2n) is 10.8. The molecule has 188 valence electrons. The van der Waals surface area contributed by atoms with Gasteiger partial charge in [-0.25, -0.2) is 0 Å². The van der Waals surface area contributed by atoms with E-state index in [1.165, 1.54) is 51.4 Å². The van der Waals surface area contributed by atoms with Crippen molar-refractivity contribution in [3.8, 4) is 0 Å². The van der Waals surface area contributed by atoms with Crippen LogP contribution in [0.3, 0.4) is 0 Å². The molecule has 0 heterocycles. The second kappa shape index (κ2) is 18.4. The fourth-order valence-corrected chi connectivity index (χ4v) is 4.52. The van der Waals surface area contributed by atoms with Crippen LogP contribution in [0.15, 0.2) is 0 Å². The SMILES string of the molecule is CC(C)CCCCCCCCCCOC(=O)C1CCC(C(=O)OCCCCC(C)C)CC1. The standard InChI is InChI=1S/C28H52O4/c1-23(2)15-11-9-7-5-6-8-10-13-21-31-27(29)25-17-19-26(20-18-25)28(30)32-22-14-12-16-24(3)4/h23-26H,5-22H2,1-4H3. The van der Waals surface area contributed by atoms with E-state index in [1.807, 2.05) is 0 Å². The zero-order chi connectivity index (χ0) is 23.6. The largest absolute Gasteiger partial charge is 0.465 e. The summed E-state index contributed by atoms with van der Waals surface area (Å²) in [6.45, 7) is 10.1. The van der Waals surface area contributed by atoms with Gasteiger partial charge in [-0.2, -0.15) is 0 Å². The molecular weight excluding hydrogens is 400 g/mol. The molecule has 32 heavy (non-hydrogen) atoms. The Morgan fingerprint density at radius 2 is 0.875 bits per heavy atom. The van der Waals surface area contributed by atoms with Crippen LogP contribution < -0.4 is 0 Å². The van der Waals surface area contributed by atoms with Gasteiger partial charge in [-0.1, -0.05) is 85.5 Å². The maximum atomic E-state index is 12.3. The zero-order valence-electron chi connectivity index (χ0n) is 21.7. The first-order valence-electron chi connectivity index (χ1n) is 13.7. The van der Waals surface area contributed by atoms with E-state index in [-0.39, 0.29) is 23.8 Å². The average Bonchev–Trinajstić information content (AvgIpc) is 2.76. The van der Waals surface area contributed by atoms with Crippen LogP contribution in [0.5, 0.6) is 0 Å². The predicted molar refractivity (Wildman–Crippen MR) is 132 cm³/mol. The first-order valence-corrected chi connectivity index (χ1v) is 13.7. The van der Waals surface area contributed by atoms with E-state index in [0.29, 0.717) is 19.1 Å². The molecule has 0 radical (unpaired) electrons. The van der Waals surface area contributed by atoms with Gasteiger partial charge in [0.05, 0.1) is 25.0 Å². The molecule has 1 aliphatic rings. The molecule has 4 heteroatoms. The van der Waals surface area contributed by atoms with E-state index in [9.17, 15) is 9.59 Å². The molecule has 0 atom stereocenters. The van der Waals surface area contributed by atoms with Gasteiger partial charge in [0.1, 0.15) is 0 Å². The molecule has 1 rings (SSSR count). The molecule has 1 fully saturated rings. The molecule has 0 saturated heterocycles. The fraction of sp³-hybridized carbons (Fsp3) is 0.929. The summed E-state index contributed by atoms with van der Waals surface area (Å²) in [7, 11) is 0. The highest BCUT2D eigenvalue weighted by molar-refractivity contribution is 5.75. The molecule has 0 aliphatic heterocycles. The van der Waals surface area contributed by atoms with Crippen molar-refractivity contribution in [2.45, 2.75) is 130 Å². The van der Waals surface area contributed by atoms with Gasteiger partial charge in [-0.3, -0.25) is 9.59 Å². The van der Waals surface area contributed by atoms with Crippen molar-refractivity contribution in [1.29, 1.82) is 0 Å². The molecule has 1 saturated carbocycles. The summed E-state index contributed by atoms with van der Waals surface area (Å²) in [4.78, 5) is 24.5. The quantitative estimate of drug-likeness (QED) is 0.157. The van der Waals surface area contributed by atoms with Gasteiger partial charge >= 0.3 is 11.9 Å². The molecule has 0 aromatic heterocycles. The van der Waals surface area contributed by atoms with Crippen LogP contribution in [-0.2, 0) is 19.1 Å². The smallest absolute Gasteiger partial charge is 0.308 e. The molecule has 0 amide bonds. The van der Waals surface area contributed by atoms with Crippen LogP contribution >= 0.6 is 0 Å². The maximum Gasteiger partial charge on any atom is 0.308 e. The van der Waals surface area contributed by atoms with Crippen molar-refractivity contribution in [3.05, 3.63) is 0 Å². The van der Waals surface area contributed by atoms with Crippen molar-refractivity contribution < 1.29 is 19.1 Å². The van der Waals surface area contributed by atoms with Gasteiger partial charge in [0.15, 0.2) is 0 Å². The van der Waals surface area contributed by atoms with Crippen molar-refractivity contribution in [2.24, 2.45) is 23.7 Å².